The van der Waals surface area contributed by atoms with Gasteiger partial charge in [-0.2, -0.15) is 0 Å². The molecule has 0 heterocycles. The molecule has 0 aromatic heterocycles. The summed E-state index contributed by atoms with van der Waals surface area (Å²) in [6.45, 7) is 2.00. The van der Waals surface area contributed by atoms with E-state index in [9.17, 15) is 0 Å². The molecule has 0 aliphatic heterocycles. The van der Waals surface area contributed by atoms with Crippen molar-refractivity contribution in [3.05, 3.63) is 33.8 Å². The first-order valence-corrected chi connectivity index (χ1v) is 4.43. The van der Waals surface area contributed by atoms with Gasteiger partial charge in [-0.1, -0.05) is 42.0 Å². The lowest BCUT2D eigenvalue weighted by Crippen LogP contribution is -1.75. The van der Waals surface area contributed by atoms with Crippen LogP contribution in [0.15, 0.2) is 18.2 Å². The van der Waals surface area contributed by atoms with Crippen molar-refractivity contribution in [2.24, 2.45) is 0 Å². The second-order valence-corrected chi connectivity index (χ2v) is 3.12. The van der Waals surface area contributed by atoms with Crippen LogP contribution in [0.4, 0.5) is 0 Å². The molecule has 0 spiro atoms. The molecular formula is C10H8Cl2. The molecular weight excluding hydrogens is 191 g/mol. The van der Waals surface area contributed by atoms with E-state index < -0.39 is 0 Å². The molecule has 1 aromatic rings. The largest absolute Gasteiger partial charge is 0.0981 e. The average molecular weight is 199 g/mol. The Balaban J connectivity index is 3.01. The molecule has 0 atom stereocenters. The smallest absolute Gasteiger partial charge is 0.0577 e. The van der Waals surface area contributed by atoms with Crippen molar-refractivity contribution in [3.8, 4) is 11.8 Å². The minimum atomic E-state index is 0.614. The summed E-state index contributed by atoms with van der Waals surface area (Å²) in [6, 6.07) is 5.31. The number of rotatable bonds is 0. The Kier molecular flexibility index (Phi) is 3.47. The minimum Gasteiger partial charge on any atom is -0.0981 e. The SMILES string of the molecule is CCC#Cc1ccc(Cl)cc1Cl. The topological polar surface area (TPSA) is 0 Å². The Morgan fingerprint density at radius 3 is 2.67 bits per heavy atom. The standard InChI is InChI=1S/C10H8Cl2/c1-2-3-4-8-5-6-9(11)7-10(8)12/h5-7H,2H2,1H3. The van der Waals surface area contributed by atoms with Crippen molar-refractivity contribution >= 4 is 23.2 Å². The normalized spacial score (nSPS) is 8.92. The van der Waals surface area contributed by atoms with Crippen LogP contribution >= 0.6 is 23.2 Å². The Hall–Kier alpha value is -0.640. The molecule has 2 heteroatoms. The van der Waals surface area contributed by atoms with Gasteiger partial charge in [0.15, 0.2) is 0 Å². The summed E-state index contributed by atoms with van der Waals surface area (Å²) in [7, 11) is 0. The molecule has 0 bridgehead atoms. The summed E-state index contributed by atoms with van der Waals surface area (Å²) < 4.78 is 0. The molecule has 0 saturated carbocycles. The van der Waals surface area contributed by atoms with Gasteiger partial charge in [0.05, 0.1) is 5.02 Å². The third-order valence-electron chi connectivity index (χ3n) is 1.33. The molecule has 12 heavy (non-hydrogen) atoms. The maximum atomic E-state index is 5.88. The van der Waals surface area contributed by atoms with Crippen LogP contribution in [0, 0.1) is 11.8 Å². The molecule has 0 saturated heterocycles. The van der Waals surface area contributed by atoms with E-state index in [-0.39, 0.29) is 0 Å². The van der Waals surface area contributed by atoms with E-state index in [1.165, 1.54) is 0 Å². The molecule has 0 amide bonds. The van der Waals surface area contributed by atoms with Gasteiger partial charge in [-0.25, -0.2) is 0 Å². The van der Waals surface area contributed by atoms with Gasteiger partial charge in [-0.3, -0.25) is 0 Å². The molecule has 0 nitrogen and oxygen atoms in total. The van der Waals surface area contributed by atoms with Crippen LogP contribution in [0.25, 0.3) is 0 Å². The van der Waals surface area contributed by atoms with E-state index in [0.717, 1.165) is 12.0 Å². The summed E-state index contributed by atoms with van der Waals surface area (Å²) in [6.07, 6.45) is 0.832. The molecule has 0 radical (unpaired) electrons. The van der Waals surface area contributed by atoms with Crippen LogP contribution in [0.2, 0.25) is 10.0 Å². The van der Waals surface area contributed by atoms with Gasteiger partial charge in [0.2, 0.25) is 0 Å². The number of hydrogen-bond donors (Lipinski definition) is 0. The van der Waals surface area contributed by atoms with E-state index in [0.29, 0.717) is 10.0 Å². The van der Waals surface area contributed by atoms with E-state index in [2.05, 4.69) is 11.8 Å². The second kappa shape index (κ2) is 4.40. The number of hydrogen-bond acceptors (Lipinski definition) is 0. The van der Waals surface area contributed by atoms with Crippen LogP contribution in [-0.2, 0) is 0 Å². The third-order valence-corrected chi connectivity index (χ3v) is 1.88. The molecule has 1 rings (SSSR count). The lowest BCUT2D eigenvalue weighted by Gasteiger charge is -1.94. The van der Waals surface area contributed by atoms with E-state index in [1.807, 2.05) is 13.0 Å². The maximum Gasteiger partial charge on any atom is 0.0577 e. The lowest BCUT2D eigenvalue weighted by molar-refractivity contribution is 1.28. The zero-order chi connectivity index (χ0) is 8.97. The molecule has 0 fully saturated rings. The highest BCUT2D eigenvalue weighted by Gasteiger charge is 1.96. The molecule has 0 unspecified atom stereocenters. The van der Waals surface area contributed by atoms with Crippen LogP contribution in [0.3, 0.4) is 0 Å². The molecule has 62 valence electrons. The Bertz CT molecular complexity index is 331. The summed E-state index contributed by atoms with van der Waals surface area (Å²) in [4.78, 5) is 0. The van der Waals surface area contributed by atoms with Crippen LogP contribution in [0.5, 0.6) is 0 Å². The highest BCUT2D eigenvalue weighted by atomic mass is 35.5. The summed E-state index contributed by atoms with van der Waals surface area (Å²) in [5.41, 5.74) is 0.836. The Morgan fingerprint density at radius 2 is 2.08 bits per heavy atom. The molecule has 0 aliphatic carbocycles. The minimum absolute atomic E-state index is 0.614. The lowest BCUT2D eigenvalue weighted by atomic mass is 10.2. The second-order valence-electron chi connectivity index (χ2n) is 2.28. The quantitative estimate of drug-likeness (QED) is 0.558. The van der Waals surface area contributed by atoms with Gasteiger partial charge < -0.3 is 0 Å². The Morgan fingerprint density at radius 1 is 1.33 bits per heavy atom. The van der Waals surface area contributed by atoms with Crippen molar-refractivity contribution in [2.75, 3.05) is 0 Å². The fraction of sp³-hybridized carbons (Fsp3) is 0.200. The predicted octanol–water partition coefficient (Wildman–Crippen LogP) is 3.75. The van der Waals surface area contributed by atoms with E-state index >= 15 is 0 Å². The maximum absolute atomic E-state index is 5.88. The highest BCUT2D eigenvalue weighted by molar-refractivity contribution is 6.35. The monoisotopic (exact) mass is 198 g/mol. The molecule has 0 aliphatic rings. The summed E-state index contributed by atoms with van der Waals surface area (Å²) in [5.74, 6) is 5.90. The third kappa shape index (κ3) is 2.44. The van der Waals surface area contributed by atoms with Gasteiger partial charge in [0.1, 0.15) is 0 Å². The first-order valence-electron chi connectivity index (χ1n) is 3.68. The molecule has 1 aromatic carbocycles. The van der Waals surface area contributed by atoms with Crippen molar-refractivity contribution in [1.29, 1.82) is 0 Å². The van der Waals surface area contributed by atoms with Crippen molar-refractivity contribution in [3.63, 3.8) is 0 Å². The zero-order valence-electron chi connectivity index (χ0n) is 6.70. The first-order chi connectivity index (χ1) is 5.74. The van der Waals surface area contributed by atoms with Crippen LogP contribution < -0.4 is 0 Å². The fourth-order valence-electron chi connectivity index (χ4n) is 0.774. The predicted molar refractivity (Wildman–Crippen MR) is 53.6 cm³/mol. The van der Waals surface area contributed by atoms with Crippen LogP contribution in [-0.4, -0.2) is 0 Å². The Labute approximate surface area is 82.5 Å². The average Bonchev–Trinajstić information content (AvgIpc) is 2.03. The molecule has 0 N–H and O–H groups in total. The first kappa shape index (κ1) is 9.45. The number of benzene rings is 1. The van der Waals surface area contributed by atoms with Crippen molar-refractivity contribution < 1.29 is 0 Å². The van der Waals surface area contributed by atoms with Gasteiger partial charge in [-0.05, 0) is 18.2 Å². The fourth-order valence-corrected chi connectivity index (χ4v) is 1.23. The highest BCUT2D eigenvalue weighted by Crippen LogP contribution is 2.19. The van der Waals surface area contributed by atoms with Gasteiger partial charge in [0.25, 0.3) is 0 Å². The van der Waals surface area contributed by atoms with Gasteiger partial charge >= 0.3 is 0 Å². The summed E-state index contributed by atoms with van der Waals surface area (Å²) >= 11 is 11.6. The van der Waals surface area contributed by atoms with Gasteiger partial charge in [0, 0.05) is 17.0 Å². The van der Waals surface area contributed by atoms with Crippen molar-refractivity contribution in [1.82, 2.24) is 0 Å². The van der Waals surface area contributed by atoms with E-state index in [4.69, 9.17) is 23.2 Å². The van der Waals surface area contributed by atoms with Crippen LogP contribution in [0.1, 0.15) is 18.9 Å². The number of halogens is 2. The van der Waals surface area contributed by atoms with Crippen molar-refractivity contribution in [2.45, 2.75) is 13.3 Å². The zero-order valence-corrected chi connectivity index (χ0v) is 8.21. The van der Waals surface area contributed by atoms with Gasteiger partial charge in [-0.15, -0.1) is 0 Å². The van der Waals surface area contributed by atoms with E-state index in [1.54, 1.807) is 12.1 Å². The summed E-state index contributed by atoms with van der Waals surface area (Å²) in [5, 5.41) is 1.26.